The number of rotatable bonds is 10. The summed E-state index contributed by atoms with van der Waals surface area (Å²) in [6.45, 7) is 7.08. The highest BCUT2D eigenvalue weighted by Gasteiger charge is 2.34. The molecule has 0 heterocycles. The minimum absolute atomic E-state index is 0.0856. The zero-order chi connectivity index (χ0) is 29.7. The Kier molecular flexibility index (Phi) is 10.3. The normalized spacial score (nSPS) is 12.5. The number of aryl methyl sites for hydroxylation is 1. The highest BCUT2D eigenvalue weighted by molar-refractivity contribution is 7.92. The Balaban J connectivity index is 2.10. The van der Waals surface area contributed by atoms with Crippen LogP contribution in [-0.2, 0) is 32.6 Å². The largest absolute Gasteiger partial charge is 0.350 e. The number of halogens is 2. The summed E-state index contributed by atoms with van der Waals surface area (Å²) in [5.41, 5.74) is 2.21. The van der Waals surface area contributed by atoms with Crippen LogP contribution in [0.4, 0.5) is 5.69 Å². The van der Waals surface area contributed by atoms with Gasteiger partial charge in [-0.1, -0.05) is 77.8 Å². The molecular weight excluding hydrogens is 569 g/mol. The monoisotopic (exact) mass is 603 g/mol. The van der Waals surface area contributed by atoms with Gasteiger partial charge in [-0.05, 0) is 62.6 Å². The van der Waals surface area contributed by atoms with Crippen LogP contribution < -0.4 is 9.62 Å². The van der Waals surface area contributed by atoms with Crippen molar-refractivity contribution in [2.45, 2.75) is 52.2 Å². The third-order valence-electron chi connectivity index (χ3n) is 6.23. The van der Waals surface area contributed by atoms with Crippen LogP contribution in [0.5, 0.6) is 0 Å². The molecule has 1 unspecified atom stereocenters. The van der Waals surface area contributed by atoms with E-state index in [-0.39, 0.29) is 29.6 Å². The van der Waals surface area contributed by atoms with Crippen molar-refractivity contribution in [3.8, 4) is 0 Å². The Bertz CT molecular complexity index is 1460. The molecule has 3 rings (SSSR count). The van der Waals surface area contributed by atoms with Gasteiger partial charge >= 0.3 is 0 Å². The van der Waals surface area contributed by atoms with Crippen LogP contribution in [0.2, 0.25) is 10.0 Å². The van der Waals surface area contributed by atoms with Crippen LogP contribution in [0.1, 0.15) is 37.5 Å². The van der Waals surface area contributed by atoms with E-state index in [2.05, 4.69) is 5.32 Å². The molecule has 1 atom stereocenters. The van der Waals surface area contributed by atoms with Crippen molar-refractivity contribution in [3.63, 3.8) is 0 Å². The lowest BCUT2D eigenvalue weighted by atomic mass is 10.00. The molecule has 0 aliphatic rings. The minimum Gasteiger partial charge on any atom is -0.350 e. The van der Waals surface area contributed by atoms with Crippen LogP contribution in [0.3, 0.4) is 0 Å². The van der Waals surface area contributed by atoms with Gasteiger partial charge in [-0.25, -0.2) is 8.42 Å². The molecule has 2 amide bonds. The third kappa shape index (κ3) is 8.71. The molecule has 0 bridgehead atoms. The molecule has 7 nitrogen and oxygen atoms in total. The second-order valence-electron chi connectivity index (χ2n) is 10.8. The zero-order valence-corrected chi connectivity index (χ0v) is 25.6. The van der Waals surface area contributed by atoms with Gasteiger partial charge < -0.3 is 10.2 Å². The first-order valence-corrected chi connectivity index (χ1v) is 15.4. The van der Waals surface area contributed by atoms with Crippen LogP contribution in [-0.4, -0.2) is 49.5 Å². The van der Waals surface area contributed by atoms with E-state index in [1.165, 1.54) is 23.1 Å². The second-order valence-corrected chi connectivity index (χ2v) is 13.5. The van der Waals surface area contributed by atoms with Crippen molar-refractivity contribution in [1.29, 1.82) is 0 Å². The Morgan fingerprint density at radius 2 is 1.57 bits per heavy atom. The van der Waals surface area contributed by atoms with E-state index < -0.39 is 34.1 Å². The van der Waals surface area contributed by atoms with Crippen molar-refractivity contribution in [2.24, 2.45) is 0 Å². The van der Waals surface area contributed by atoms with Crippen LogP contribution >= 0.6 is 23.2 Å². The molecule has 0 saturated carbocycles. The molecule has 3 aromatic carbocycles. The maximum atomic E-state index is 14.1. The molecule has 0 aliphatic carbocycles. The third-order valence-corrected chi connectivity index (χ3v) is 7.89. The van der Waals surface area contributed by atoms with Gasteiger partial charge in [0.2, 0.25) is 21.8 Å². The second kappa shape index (κ2) is 13.1. The summed E-state index contributed by atoms with van der Waals surface area (Å²) in [5.74, 6) is -0.890. The Morgan fingerprint density at radius 3 is 2.15 bits per heavy atom. The SMILES string of the molecule is Cc1ccccc1CN(C(=O)CN(c1ccc(Cl)cc1Cl)S(C)(=O)=O)C(Cc1ccccc1)C(=O)NC(C)(C)C. The zero-order valence-electron chi connectivity index (χ0n) is 23.3. The van der Waals surface area contributed by atoms with Gasteiger partial charge in [0, 0.05) is 23.5 Å². The number of carbonyl (C=O) groups excluding carboxylic acids is 2. The molecular formula is C30H35Cl2N3O4S. The fraction of sp³-hybridized carbons (Fsp3) is 0.333. The van der Waals surface area contributed by atoms with Gasteiger partial charge in [-0.15, -0.1) is 0 Å². The van der Waals surface area contributed by atoms with Gasteiger partial charge in [0.1, 0.15) is 12.6 Å². The maximum Gasteiger partial charge on any atom is 0.244 e. The van der Waals surface area contributed by atoms with Gasteiger partial charge in [0.05, 0.1) is 17.0 Å². The molecule has 0 aromatic heterocycles. The summed E-state index contributed by atoms with van der Waals surface area (Å²) in [6.07, 6.45) is 1.24. The smallest absolute Gasteiger partial charge is 0.244 e. The molecule has 214 valence electrons. The van der Waals surface area contributed by atoms with E-state index in [1.807, 2.05) is 82.3 Å². The number of benzene rings is 3. The number of hydrogen-bond acceptors (Lipinski definition) is 4. The first-order valence-electron chi connectivity index (χ1n) is 12.8. The summed E-state index contributed by atoms with van der Waals surface area (Å²) in [7, 11) is -3.94. The maximum absolute atomic E-state index is 14.1. The average molecular weight is 605 g/mol. The number of carbonyl (C=O) groups is 2. The first kappa shape index (κ1) is 31.5. The quantitative estimate of drug-likeness (QED) is 0.326. The van der Waals surface area contributed by atoms with Gasteiger partial charge in [0.15, 0.2) is 0 Å². The molecule has 0 aliphatic heterocycles. The topological polar surface area (TPSA) is 86.8 Å². The molecule has 0 fully saturated rings. The van der Waals surface area contributed by atoms with Crippen molar-refractivity contribution in [2.75, 3.05) is 17.1 Å². The molecule has 1 N–H and O–H groups in total. The highest BCUT2D eigenvalue weighted by atomic mass is 35.5. The van der Waals surface area contributed by atoms with E-state index in [1.54, 1.807) is 0 Å². The Hall–Kier alpha value is -3.07. The van der Waals surface area contributed by atoms with Gasteiger partial charge in [0.25, 0.3) is 0 Å². The van der Waals surface area contributed by atoms with E-state index in [9.17, 15) is 18.0 Å². The summed E-state index contributed by atoms with van der Waals surface area (Å²) >= 11 is 12.4. The lowest BCUT2D eigenvalue weighted by Crippen LogP contribution is -2.56. The van der Waals surface area contributed by atoms with Gasteiger partial charge in [-0.2, -0.15) is 0 Å². The van der Waals surface area contributed by atoms with E-state index in [0.29, 0.717) is 5.02 Å². The predicted molar refractivity (Wildman–Crippen MR) is 162 cm³/mol. The van der Waals surface area contributed by atoms with Crippen LogP contribution in [0.15, 0.2) is 72.8 Å². The van der Waals surface area contributed by atoms with Crippen molar-refractivity contribution < 1.29 is 18.0 Å². The first-order chi connectivity index (χ1) is 18.7. The lowest BCUT2D eigenvalue weighted by Gasteiger charge is -2.35. The molecule has 10 heteroatoms. The number of nitrogens with one attached hydrogen (secondary N) is 1. The standard InChI is InChI=1S/C30H35Cl2N3O4S/c1-21-11-9-10-14-23(21)19-34(27(29(37)33-30(2,3)4)17-22-12-7-6-8-13-22)28(36)20-35(40(5,38)39)26-16-15-24(31)18-25(26)32/h6-16,18,27H,17,19-20H2,1-5H3,(H,33,37). The average Bonchev–Trinajstić information content (AvgIpc) is 2.85. The Labute approximate surface area is 247 Å². The predicted octanol–water partition coefficient (Wildman–Crippen LogP) is 5.62. The van der Waals surface area contributed by atoms with Crippen LogP contribution in [0.25, 0.3) is 0 Å². The number of nitrogens with zero attached hydrogens (tertiary/aromatic N) is 2. The van der Waals surface area contributed by atoms with E-state index in [4.69, 9.17) is 23.2 Å². The Morgan fingerprint density at radius 1 is 0.950 bits per heavy atom. The molecule has 0 spiro atoms. The summed E-state index contributed by atoms with van der Waals surface area (Å²) in [5, 5.41) is 3.42. The number of anilines is 1. The molecule has 40 heavy (non-hydrogen) atoms. The lowest BCUT2D eigenvalue weighted by molar-refractivity contribution is -0.140. The minimum atomic E-state index is -3.94. The summed E-state index contributed by atoms with van der Waals surface area (Å²) in [6, 6.07) is 20.4. The fourth-order valence-electron chi connectivity index (χ4n) is 4.26. The van der Waals surface area contributed by atoms with Crippen molar-refractivity contribution >= 4 is 50.7 Å². The summed E-state index contributed by atoms with van der Waals surface area (Å²) < 4.78 is 26.8. The van der Waals surface area contributed by atoms with E-state index in [0.717, 1.165) is 27.3 Å². The highest BCUT2D eigenvalue weighted by Crippen LogP contribution is 2.31. The molecule has 0 saturated heterocycles. The van der Waals surface area contributed by atoms with Gasteiger partial charge in [-0.3, -0.25) is 13.9 Å². The number of hydrogen-bond donors (Lipinski definition) is 1. The van der Waals surface area contributed by atoms with Crippen molar-refractivity contribution in [3.05, 3.63) is 99.5 Å². The number of amides is 2. The number of sulfonamides is 1. The van der Waals surface area contributed by atoms with Crippen molar-refractivity contribution in [1.82, 2.24) is 10.2 Å². The molecule has 3 aromatic rings. The summed E-state index contributed by atoms with van der Waals surface area (Å²) in [4.78, 5) is 29.4. The van der Waals surface area contributed by atoms with E-state index >= 15 is 0 Å². The van der Waals surface area contributed by atoms with Crippen LogP contribution in [0, 0.1) is 6.92 Å². The molecule has 0 radical (unpaired) electrons. The fourth-order valence-corrected chi connectivity index (χ4v) is 5.68.